The van der Waals surface area contributed by atoms with Gasteiger partial charge >= 0.3 is 0 Å². The topological polar surface area (TPSA) is 67.8 Å². The Labute approximate surface area is 177 Å². The summed E-state index contributed by atoms with van der Waals surface area (Å²) in [5.41, 5.74) is 1.08. The summed E-state index contributed by atoms with van der Waals surface area (Å²) in [5, 5.41) is 6.67. The summed E-state index contributed by atoms with van der Waals surface area (Å²) in [5.74, 6) is 3.75. The average molecular weight is 482 g/mol. The van der Waals surface area contributed by atoms with E-state index in [0.29, 0.717) is 19.0 Å². The quantitative estimate of drug-likeness (QED) is 0.339. The molecular formula is C20H27IN4O2. The minimum Gasteiger partial charge on any atom is -0.494 e. The summed E-state index contributed by atoms with van der Waals surface area (Å²) in [7, 11) is 1.79. The van der Waals surface area contributed by atoms with E-state index in [1.54, 1.807) is 13.2 Å². The maximum Gasteiger partial charge on any atom is 0.219 e. The predicted octanol–water partition coefficient (Wildman–Crippen LogP) is 3.97. The molecule has 1 saturated carbocycles. The van der Waals surface area contributed by atoms with Crippen LogP contribution in [0.1, 0.15) is 25.3 Å². The Bertz CT molecular complexity index is 733. The molecule has 0 spiro atoms. The third-order valence-corrected chi connectivity index (χ3v) is 4.10. The van der Waals surface area contributed by atoms with Crippen LogP contribution in [0.25, 0.3) is 0 Å². The molecule has 0 bridgehead atoms. The Kier molecular flexibility index (Phi) is 8.63. The van der Waals surface area contributed by atoms with Gasteiger partial charge in [-0.05, 0) is 61.6 Å². The van der Waals surface area contributed by atoms with Gasteiger partial charge in [0, 0.05) is 32.4 Å². The zero-order chi connectivity index (χ0) is 18.2. The van der Waals surface area contributed by atoms with Crippen LogP contribution < -0.4 is 20.1 Å². The lowest BCUT2D eigenvalue weighted by atomic mass is 10.2. The minimum atomic E-state index is 0. The standard InChI is InChI=1S/C20H26N4O2.HI/c1-3-25-17-6-8-18(9-7-17)26-19-12-16(10-11-22-19)14-24-20(21-2)23-13-15-4-5-15;/h6-12,15H,3-5,13-14H2,1-2H3,(H2,21,23,24);1H. The first-order valence-corrected chi connectivity index (χ1v) is 9.07. The van der Waals surface area contributed by atoms with Crippen LogP contribution >= 0.6 is 24.0 Å². The van der Waals surface area contributed by atoms with Crippen LogP contribution in [0, 0.1) is 5.92 Å². The molecule has 2 aromatic rings. The minimum absolute atomic E-state index is 0. The number of pyridine rings is 1. The van der Waals surface area contributed by atoms with E-state index in [2.05, 4.69) is 20.6 Å². The van der Waals surface area contributed by atoms with Crippen LogP contribution in [-0.4, -0.2) is 31.1 Å². The molecule has 0 amide bonds. The molecule has 7 heteroatoms. The Morgan fingerprint density at radius 3 is 2.56 bits per heavy atom. The fourth-order valence-electron chi connectivity index (χ4n) is 2.48. The molecule has 0 radical (unpaired) electrons. The van der Waals surface area contributed by atoms with Gasteiger partial charge in [0.2, 0.25) is 5.88 Å². The molecule has 3 rings (SSSR count). The fraction of sp³-hybridized carbons (Fsp3) is 0.400. The first kappa shape index (κ1) is 21.3. The Morgan fingerprint density at radius 2 is 1.89 bits per heavy atom. The van der Waals surface area contributed by atoms with Crippen LogP contribution in [0.2, 0.25) is 0 Å². The summed E-state index contributed by atoms with van der Waals surface area (Å²) >= 11 is 0. The van der Waals surface area contributed by atoms with Gasteiger partial charge in [0.1, 0.15) is 11.5 Å². The molecule has 0 aliphatic heterocycles. The van der Waals surface area contributed by atoms with Crippen molar-refractivity contribution in [2.24, 2.45) is 10.9 Å². The molecule has 6 nitrogen and oxygen atoms in total. The molecule has 1 aliphatic rings. The van der Waals surface area contributed by atoms with Crippen molar-refractivity contribution >= 4 is 29.9 Å². The highest BCUT2D eigenvalue weighted by atomic mass is 127. The van der Waals surface area contributed by atoms with Crippen LogP contribution in [-0.2, 0) is 6.54 Å². The largest absolute Gasteiger partial charge is 0.494 e. The van der Waals surface area contributed by atoms with Gasteiger partial charge in [-0.3, -0.25) is 4.99 Å². The van der Waals surface area contributed by atoms with Gasteiger partial charge in [0.15, 0.2) is 5.96 Å². The number of rotatable bonds is 8. The Morgan fingerprint density at radius 1 is 1.15 bits per heavy atom. The second-order valence-electron chi connectivity index (χ2n) is 6.26. The van der Waals surface area contributed by atoms with Gasteiger partial charge in [-0.2, -0.15) is 0 Å². The molecule has 2 N–H and O–H groups in total. The number of aliphatic imine (C=N–C) groups is 1. The van der Waals surface area contributed by atoms with Crippen LogP contribution in [0.5, 0.6) is 17.4 Å². The van der Waals surface area contributed by atoms with Crippen molar-refractivity contribution in [1.29, 1.82) is 0 Å². The number of halogens is 1. The highest BCUT2D eigenvalue weighted by Gasteiger charge is 2.20. The summed E-state index contributed by atoms with van der Waals surface area (Å²) in [6.07, 6.45) is 4.39. The highest BCUT2D eigenvalue weighted by molar-refractivity contribution is 14.0. The average Bonchev–Trinajstić information content (AvgIpc) is 3.49. The second kappa shape index (κ2) is 11.0. The van der Waals surface area contributed by atoms with E-state index in [1.807, 2.05) is 43.3 Å². The maximum absolute atomic E-state index is 5.83. The molecule has 1 aliphatic carbocycles. The van der Waals surface area contributed by atoms with E-state index in [9.17, 15) is 0 Å². The monoisotopic (exact) mass is 482 g/mol. The smallest absolute Gasteiger partial charge is 0.219 e. The zero-order valence-electron chi connectivity index (χ0n) is 15.8. The molecule has 1 fully saturated rings. The lowest BCUT2D eigenvalue weighted by Crippen LogP contribution is -2.37. The SMILES string of the molecule is CCOc1ccc(Oc2cc(CNC(=NC)NCC3CC3)ccn2)cc1.I. The summed E-state index contributed by atoms with van der Waals surface area (Å²) in [6.45, 7) is 4.26. The third-order valence-electron chi connectivity index (χ3n) is 4.10. The van der Waals surface area contributed by atoms with Gasteiger partial charge in [-0.1, -0.05) is 0 Å². The maximum atomic E-state index is 5.83. The number of hydrogen-bond donors (Lipinski definition) is 2. The molecule has 146 valence electrons. The first-order chi connectivity index (χ1) is 12.8. The van der Waals surface area contributed by atoms with E-state index in [4.69, 9.17) is 9.47 Å². The van der Waals surface area contributed by atoms with Gasteiger partial charge in [-0.15, -0.1) is 24.0 Å². The molecule has 27 heavy (non-hydrogen) atoms. The molecular weight excluding hydrogens is 455 g/mol. The number of nitrogens with one attached hydrogen (secondary N) is 2. The third kappa shape index (κ3) is 7.24. The molecule has 0 atom stereocenters. The van der Waals surface area contributed by atoms with Crippen molar-refractivity contribution < 1.29 is 9.47 Å². The molecule has 1 aromatic heterocycles. The number of nitrogens with zero attached hydrogens (tertiary/aromatic N) is 2. The number of ether oxygens (including phenoxy) is 2. The van der Waals surface area contributed by atoms with Gasteiger partial charge in [0.25, 0.3) is 0 Å². The van der Waals surface area contributed by atoms with Gasteiger partial charge < -0.3 is 20.1 Å². The molecule has 0 unspecified atom stereocenters. The Balaban J connectivity index is 0.00000261. The van der Waals surface area contributed by atoms with Crippen molar-refractivity contribution in [3.63, 3.8) is 0 Å². The van der Waals surface area contributed by atoms with Crippen LogP contribution in [0.3, 0.4) is 0 Å². The summed E-state index contributed by atoms with van der Waals surface area (Å²) in [6, 6.07) is 11.4. The van der Waals surface area contributed by atoms with Crippen molar-refractivity contribution in [2.75, 3.05) is 20.2 Å². The van der Waals surface area contributed by atoms with Gasteiger partial charge in [0.05, 0.1) is 6.61 Å². The molecule has 1 aromatic carbocycles. The van der Waals surface area contributed by atoms with E-state index in [-0.39, 0.29) is 24.0 Å². The normalized spacial score (nSPS) is 13.5. The first-order valence-electron chi connectivity index (χ1n) is 9.07. The lowest BCUT2D eigenvalue weighted by Gasteiger charge is -2.12. The van der Waals surface area contributed by atoms with E-state index < -0.39 is 0 Å². The zero-order valence-corrected chi connectivity index (χ0v) is 18.1. The van der Waals surface area contributed by atoms with Crippen molar-refractivity contribution in [3.8, 4) is 17.4 Å². The van der Waals surface area contributed by atoms with Crippen molar-refractivity contribution in [3.05, 3.63) is 48.2 Å². The summed E-state index contributed by atoms with van der Waals surface area (Å²) < 4.78 is 11.3. The number of aromatic nitrogens is 1. The highest BCUT2D eigenvalue weighted by Crippen LogP contribution is 2.27. The summed E-state index contributed by atoms with van der Waals surface area (Å²) in [4.78, 5) is 8.53. The van der Waals surface area contributed by atoms with E-state index >= 15 is 0 Å². The molecule has 1 heterocycles. The Hall–Kier alpha value is -2.03. The van der Waals surface area contributed by atoms with Crippen LogP contribution in [0.15, 0.2) is 47.6 Å². The van der Waals surface area contributed by atoms with Crippen LogP contribution in [0.4, 0.5) is 0 Å². The molecule has 0 saturated heterocycles. The van der Waals surface area contributed by atoms with Gasteiger partial charge in [-0.25, -0.2) is 4.98 Å². The number of hydrogen-bond acceptors (Lipinski definition) is 4. The number of benzene rings is 1. The van der Waals surface area contributed by atoms with E-state index in [1.165, 1.54) is 12.8 Å². The number of guanidine groups is 1. The van der Waals surface area contributed by atoms with E-state index in [0.717, 1.165) is 35.5 Å². The second-order valence-corrected chi connectivity index (χ2v) is 6.26. The van der Waals surface area contributed by atoms with Crippen molar-refractivity contribution in [1.82, 2.24) is 15.6 Å². The van der Waals surface area contributed by atoms with Crippen molar-refractivity contribution in [2.45, 2.75) is 26.3 Å². The lowest BCUT2D eigenvalue weighted by molar-refractivity contribution is 0.339. The predicted molar refractivity (Wildman–Crippen MR) is 118 cm³/mol. The fourth-order valence-corrected chi connectivity index (χ4v) is 2.48.